The minimum absolute atomic E-state index is 0.143. The van der Waals surface area contributed by atoms with E-state index in [1.165, 1.54) is 12.3 Å². The van der Waals surface area contributed by atoms with E-state index in [4.69, 9.17) is 14.2 Å². The molecule has 8 nitrogen and oxygen atoms in total. The van der Waals surface area contributed by atoms with E-state index in [2.05, 4.69) is 20.6 Å². The lowest BCUT2D eigenvalue weighted by molar-refractivity contribution is 0.0527. The molecule has 1 aliphatic heterocycles. The molecule has 3 heterocycles. The topological polar surface area (TPSA) is 94.6 Å². The monoisotopic (exact) mass is 398 g/mol. The van der Waals surface area contributed by atoms with Gasteiger partial charge < -0.3 is 24.8 Å². The van der Waals surface area contributed by atoms with E-state index in [0.29, 0.717) is 52.6 Å². The number of nitrogens with one attached hydrogen (secondary N) is 2. The Morgan fingerprint density at radius 2 is 2.00 bits per heavy atom. The van der Waals surface area contributed by atoms with Gasteiger partial charge in [0.15, 0.2) is 11.5 Å². The van der Waals surface area contributed by atoms with Crippen LogP contribution in [0.5, 0.6) is 11.5 Å². The van der Waals surface area contributed by atoms with Crippen LogP contribution >= 0.6 is 0 Å². The Morgan fingerprint density at radius 1 is 1.21 bits per heavy atom. The number of benzene rings is 1. The number of pyridine rings is 2. The predicted octanol–water partition coefficient (Wildman–Crippen LogP) is 3.20. The number of nitrogens with zero attached hydrogens (tertiary/aromatic N) is 2. The van der Waals surface area contributed by atoms with Crippen LogP contribution in [0, 0.1) is 5.95 Å². The molecule has 0 aliphatic carbocycles. The Balaban J connectivity index is 1.59. The summed E-state index contributed by atoms with van der Waals surface area (Å²) in [4.78, 5) is 20.5. The molecule has 0 saturated carbocycles. The minimum Gasteiger partial charge on any atom is -0.462 e. The average Bonchev–Trinajstić information content (AvgIpc) is 3.17. The van der Waals surface area contributed by atoms with Gasteiger partial charge in [0.25, 0.3) is 0 Å². The fourth-order valence-electron chi connectivity index (χ4n) is 3.02. The standard InChI is InChI=1S/C20H19FN4O4/c1-2-27-20(26)13-10-24-14-9-16-15(28-11-29-16)8-12(14)19(13)23-7-6-22-18-5-3-4-17(21)25-18/h3-5,8-10H,2,6-7,11H2,1H3,(H,22,25)(H,23,24). The number of aromatic nitrogens is 2. The van der Waals surface area contributed by atoms with Crippen molar-refractivity contribution in [3.05, 3.63) is 48.0 Å². The molecule has 150 valence electrons. The van der Waals surface area contributed by atoms with Crippen molar-refractivity contribution < 1.29 is 23.4 Å². The molecule has 0 amide bonds. The van der Waals surface area contributed by atoms with E-state index in [1.807, 2.05) is 0 Å². The molecule has 4 rings (SSSR count). The van der Waals surface area contributed by atoms with Crippen molar-refractivity contribution in [2.75, 3.05) is 37.1 Å². The smallest absolute Gasteiger partial charge is 0.341 e. The van der Waals surface area contributed by atoms with Gasteiger partial charge in [0, 0.05) is 30.7 Å². The van der Waals surface area contributed by atoms with Crippen LogP contribution in [0.2, 0.25) is 0 Å². The SMILES string of the molecule is CCOC(=O)c1cnc2cc3c(cc2c1NCCNc1cccc(F)n1)OCO3. The van der Waals surface area contributed by atoms with Gasteiger partial charge in [-0.1, -0.05) is 6.07 Å². The number of halogens is 1. The van der Waals surface area contributed by atoms with Crippen LogP contribution in [0.1, 0.15) is 17.3 Å². The lowest BCUT2D eigenvalue weighted by atomic mass is 10.1. The Kier molecular flexibility index (Phi) is 5.28. The number of esters is 1. The lowest BCUT2D eigenvalue weighted by Gasteiger charge is -2.15. The van der Waals surface area contributed by atoms with Crippen LogP contribution in [0.25, 0.3) is 10.9 Å². The van der Waals surface area contributed by atoms with E-state index in [9.17, 15) is 9.18 Å². The number of fused-ring (bicyclic) bond motifs is 2. The summed E-state index contributed by atoms with van der Waals surface area (Å²) in [6.45, 7) is 3.03. The first-order valence-electron chi connectivity index (χ1n) is 9.15. The average molecular weight is 398 g/mol. The summed E-state index contributed by atoms with van der Waals surface area (Å²) in [5.74, 6) is 0.607. The zero-order valence-electron chi connectivity index (χ0n) is 15.7. The fourth-order valence-corrected chi connectivity index (χ4v) is 3.02. The van der Waals surface area contributed by atoms with E-state index in [0.717, 1.165) is 0 Å². The second kappa shape index (κ2) is 8.17. The van der Waals surface area contributed by atoms with Gasteiger partial charge in [-0.3, -0.25) is 4.98 Å². The maximum atomic E-state index is 13.2. The van der Waals surface area contributed by atoms with Crippen LogP contribution < -0.4 is 20.1 Å². The molecular weight excluding hydrogens is 379 g/mol. The first-order chi connectivity index (χ1) is 14.2. The molecule has 0 fully saturated rings. The van der Waals surface area contributed by atoms with Gasteiger partial charge in [-0.05, 0) is 25.1 Å². The van der Waals surface area contributed by atoms with Crippen LogP contribution in [-0.4, -0.2) is 42.4 Å². The predicted molar refractivity (Wildman–Crippen MR) is 105 cm³/mol. The van der Waals surface area contributed by atoms with Crippen molar-refractivity contribution in [2.24, 2.45) is 0 Å². The third-order valence-corrected chi connectivity index (χ3v) is 4.31. The largest absolute Gasteiger partial charge is 0.462 e. The summed E-state index contributed by atoms with van der Waals surface area (Å²) in [7, 11) is 0. The molecule has 1 aliphatic rings. The number of hydrogen-bond acceptors (Lipinski definition) is 8. The first-order valence-corrected chi connectivity index (χ1v) is 9.15. The molecule has 0 spiro atoms. The van der Waals surface area contributed by atoms with Crippen LogP contribution in [-0.2, 0) is 4.74 Å². The summed E-state index contributed by atoms with van der Waals surface area (Å²) in [6, 6.07) is 8.10. The van der Waals surface area contributed by atoms with Gasteiger partial charge in [0.2, 0.25) is 12.7 Å². The van der Waals surface area contributed by atoms with Crippen LogP contribution in [0.15, 0.2) is 36.5 Å². The number of ether oxygens (including phenoxy) is 3. The van der Waals surface area contributed by atoms with Crippen molar-refractivity contribution in [3.63, 3.8) is 0 Å². The zero-order valence-corrected chi connectivity index (χ0v) is 15.7. The van der Waals surface area contributed by atoms with Gasteiger partial charge in [-0.25, -0.2) is 9.78 Å². The maximum Gasteiger partial charge on any atom is 0.341 e. The number of carbonyl (C=O) groups is 1. The van der Waals surface area contributed by atoms with Crippen LogP contribution in [0.3, 0.4) is 0 Å². The highest BCUT2D eigenvalue weighted by Gasteiger charge is 2.21. The van der Waals surface area contributed by atoms with Gasteiger partial charge in [-0.15, -0.1) is 0 Å². The number of rotatable bonds is 7. The molecule has 3 aromatic rings. The third-order valence-electron chi connectivity index (χ3n) is 4.31. The molecular formula is C20H19FN4O4. The van der Waals surface area contributed by atoms with Crippen LogP contribution in [0.4, 0.5) is 15.9 Å². The Morgan fingerprint density at radius 3 is 2.79 bits per heavy atom. The number of carbonyl (C=O) groups excluding carboxylic acids is 1. The van der Waals surface area contributed by atoms with Crippen molar-refractivity contribution in [3.8, 4) is 11.5 Å². The highest BCUT2D eigenvalue weighted by Crippen LogP contribution is 2.38. The molecule has 9 heteroatoms. The fraction of sp³-hybridized carbons (Fsp3) is 0.250. The Bertz CT molecular complexity index is 1060. The second-order valence-corrected chi connectivity index (χ2v) is 6.19. The van der Waals surface area contributed by atoms with E-state index in [1.54, 1.807) is 31.2 Å². The van der Waals surface area contributed by atoms with Gasteiger partial charge in [-0.2, -0.15) is 4.39 Å². The molecule has 0 bridgehead atoms. The van der Waals surface area contributed by atoms with Gasteiger partial charge >= 0.3 is 5.97 Å². The van der Waals surface area contributed by atoms with Crippen molar-refractivity contribution >= 4 is 28.4 Å². The molecule has 1 aromatic carbocycles. The van der Waals surface area contributed by atoms with E-state index in [-0.39, 0.29) is 13.4 Å². The van der Waals surface area contributed by atoms with E-state index >= 15 is 0 Å². The van der Waals surface area contributed by atoms with Crippen molar-refractivity contribution in [2.45, 2.75) is 6.92 Å². The summed E-state index contributed by atoms with van der Waals surface area (Å²) in [5, 5.41) is 6.99. The summed E-state index contributed by atoms with van der Waals surface area (Å²) in [5.41, 5.74) is 1.56. The normalized spacial score (nSPS) is 12.1. The molecule has 0 atom stereocenters. The van der Waals surface area contributed by atoms with Crippen molar-refractivity contribution in [1.82, 2.24) is 9.97 Å². The lowest BCUT2D eigenvalue weighted by Crippen LogP contribution is -2.17. The quantitative estimate of drug-likeness (QED) is 0.356. The van der Waals surface area contributed by atoms with Crippen molar-refractivity contribution in [1.29, 1.82) is 0 Å². The summed E-state index contributed by atoms with van der Waals surface area (Å²) in [6.07, 6.45) is 1.48. The third kappa shape index (κ3) is 3.98. The number of anilines is 2. The van der Waals surface area contributed by atoms with Gasteiger partial charge in [0.1, 0.15) is 11.4 Å². The zero-order chi connectivity index (χ0) is 20.2. The molecule has 2 aromatic heterocycles. The first kappa shape index (κ1) is 18.7. The molecule has 0 unspecified atom stereocenters. The Labute approximate surface area is 166 Å². The van der Waals surface area contributed by atoms with Gasteiger partial charge in [0.05, 0.1) is 17.8 Å². The number of hydrogen-bond donors (Lipinski definition) is 2. The minimum atomic E-state index is -0.552. The molecule has 0 saturated heterocycles. The highest BCUT2D eigenvalue weighted by molar-refractivity contribution is 6.05. The maximum absolute atomic E-state index is 13.2. The summed E-state index contributed by atoms with van der Waals surface area (Å²) >= 11 is 0. The van der Waals surface area contributed by atoms with E-state index < -0.39 is 11.9 Å². The summed E-state index contributed by atoms with van der Waals surface area (Å²) < 4.78 is 29.2. The molecule has 2 N–H and O–H groups in total. The second-order valence-electron chi connectivity index (χ2n) is 6.19. The highest BCUT2D eigenvalue weighted by atomic mass is 19.1. The Hall–Kier alpha value is -3.62. The molecule has 29 heavy (non-hydrogen) atoms. The molecule has 0 radical (unpaired) electrons.